The molecule has 1 fully saturated rings. The molecule has 0 bridgehead atoms. The number of ether oxygens (including phenoxy) is 1. The largest absolute Gasteiger partial charge is 0.434 e. The molecule has 3 aromatic rings. The number of hydrogen-bond acceptors (Lipinski definition) is 6. The van der Waals surface area contributed by atoms with Crippen LogP contribution in [-0.4, -0.2) is 46.7 Å². The third-order valence-corrected chi connectivity index (χ3v) is 5.13. The monoisotopic (exact) mass is 428 g/mol. The topological polar surface area (TPSA) is 80.5 Å². The summed E-state index contributed by atoms with van der Waals surface area (Å²) in [6, 6.07) is 15.6. The van der Waals surface area contributed by atoms with Gasteiger partial charge in [0.2, 0.25) is 11.7 Å². The molecule has 1 aliphatic heterocycles. The van der Waals surface area contributed by atoms with Crippen LogP contribution in [0.2, 0.25) is 0 Å². The molecule has 9 heteroatoms. The predicted octanol–water partition coefficient (Wildman–Crippen LogP) is 3.73. The lowest BCUT2D eigenvalue weighted by atomic mass is 10.0. The van der Waals surface area contributed by atoms with E-state index in [-0.39, 0.29) is 23.5 Å². The fourth-order valence-electron chi connectivity index (χ4n) is 3.56. The molecule has 0 spiro atoms. The van der Waals surface area contributed by atoms with Crippen molar-refractivity contribution >= 4 is 5.91 Å². The van der Waals surface area contributed by atoms with Crippen molar-refractivity contribution in [2.75, 3.05) is 13.1 Å². The minimum Gasteiger partial charge on any atom is -0.434 e. The molecule has 4 rings (SSSR count). The summed E-state index contributed by atoms with van der Waals surface area (Å²) in [4.78, 5) is 18.8. The van der Waals surface area contributed by atoms with Gasteiger partial charge in [-0.05, 0) is 37.1 Å². The average Bonchev–Trinajstić information content (AvgIpc) is 3.24. The molecule has 0 aliphatic carbocycles. The predicted molar refractivity (Wildman–Crippen MR) is 109 cm³/mol. The minimum absolute atomic E-state index is 0.000165. The average molecular weight is 428 g/mol. The molecule has 0 radical (unpaired) electrons. The van der Waals surface area contributed by atoms with Gasteiger partial charge in [-0.3, -0.25) is 9.69 Å². The number of hydrogen-bond donors (Lipinski definition) is 1. The van der Waals surface area contributed by atoms with Crippen molar-refractivity contribution in [3.8, 4) is 17.1 Å². The fraction of sp³-hybridized carbons (Fsp3) is 0.318. The van der Waals surface area contributed by atoms with Gasteiger partial charge in [0.25, 0.3) is 5.91 Å². The number of rotatable bonds is 7. The Hall–Kier alpha value is -3.33. The van der Waals surface area contributed by atoms with E-state index >= 15 is 0 Å². The first-order valence-electron chi connectivity index (χ1n) is 10.0. The molecule has 0 unspecified atom stereocenters. The Balaban J connectivity index is 1.31. The molecule has 0 saturated carbocycles. The summed E-state index contributed by atoms with van der Waals surface area (Å²) in [6.45, 7) is -0.953. The van der Waals surface area contributed by atoms with Crippen LogP contribution in [0.4, 0.5) is 8.78 Å². The summed E-state index contributed by atoms with van der Waals surface area (Å²) in [5.41, 5.74) is 1.000. The number of amides is 1. The van der Waals surface area contributed by atoms with Crippen LogP contribution >= 0.6 is 0 Å². The van der Waals surface area contributed by atoms with Gasteiger partial charge in [-0.2, -0.15) is 13.8 Å². The number of halogens is 2. The van der Waals surface area contributed by atoms with Crippen molar-refractivity contribution in [1.82, 2.24) is 20.4 Å². The number of aromatic nitrogens is 2. The van der Waals surface area contributed by atoms with Gasteiger partial charge in [0.05, 0.1) is 12.1 Å². The molecule has 1 aliphatic rings. The summed E-state index contributed by atoms with van der Waals surface area (Å²) in [6.07, 6.45) is 1.62. The van der Waals surface area contributed by atoms with Gasteiger partial charge < -0.3 is 14.6 Å². The second kappa shape index (κ2) is 9.65. The van der Waals surface area contributed by atoms with Gasteiger partial charge in [0.15, 0.2) is 0 Å². The molecule has 1 saturated heterocycles. The summed E-state index contributed by atoms with van der Waals surface area (Å²) in [7, 11) is 0. The smallest absolute Gasteiger partial charge is 0.387 e. The Bertz CT molecular complexity index is 1000. The lowest BCUT2D eigenvalue weighted by Gasteiger charge is -2.31. The third kappa shape index (κ3) is 5.43. The maximum Gasteiger partial charge on any atom is 0.387 e. The molecule has 1 N–H and O–H groups in total. The summed E-state index contributed by atoms with van der Waals surface area (Å²) < 4.78 is 35.1. The normalized spacial score (nSPS) is 15.2. The highest BCUT2D eigenvalue weighted by atomic mass is 19.3. The van der Waals surface area contributed by atoms with E-state index in [0.717, 1.165) is 25.9 Å². The van der Waals surface area contributed by atoms with E-state index in [1.54, 1.807) is 30.3 Å². The number of nitrogens with zero attached hydrogens (tertiary/aromatic N) is 3. The van der Waals surface area contributed by atoms with Crippen molar-refractivity contribution in [3.05, 3.63) is 66.1 Å². The van der Waals surface area contributed by atoms with Gasteiger partial charge >= 0.3 is 6.61 Å². The van der Waals surface area contributed by atoms with E-state index in [4.69, 9.17) is 4.52 Å². The number of nitrogens with one attached hydrogen (secondary N) is 1. The molecule has 2 heterocycles. The van der Waals surface area contributed by atoms with E-state index in [2.05, 4.69) is 25.1 Å². The second-order valence-electron chi connectivity index (χ2n) is 7.28. The molecular weight excluding hydrogens is 406 g/mol. The molecule has 1 amide bonds. The lowest BCUT2D eigenvalue weighted by Crippen LogP contribution is -2.44. The molecule has 162 valence electrons. The first-order valence-corrected chi connectivity index (χ1v) is 10.0. The van der Waals surface area contributed by atoms with Crippen LogP contribution < -0.4 is 10.1 Å². The zero-order chi connectivity index (χ0) is 21.6. The summed E-state index contributed by atoms with van der Waals surface area (Å²) in [5, 5.41) is 6.99. The maximum absolute atomic E-state index is 12.6. The quantitative estimate of drug-likeness (QED) is 0.618. The third-order valence-electron chi connectivity index (χ3n) is 5.13. The number of likely N-dealkylation sites (tertiary alicyclic amines) is 1. The van der Waals surface area contributed by atoms with Gasteiger partial charge in [-0.15, -0.1) is 0 Å². The zero-order valence-corrected chi connectivity index (χ0v) is 16.7. The Kier molecular flexibility index (Phi) is 6.51. The molecule has 1 aromatic heterocycles. The van der Waals surface area contributed by atoms with Crippen LogP contribution in [0.1, 0.15) is 29.1 Å². The second-order valence-corrected chi connectivity index (χ2v) is 7.28. The Morgan fingerprint density at radius 3 is 2.58 bits per heavy atom. The van der Waals surface area contributed by atoms with Crippen molar-refractivity contribution in [1.29, 1.82) is 0 Å². The first-order chi connectivity index (χ1) is 15.1. The SMILES string of the molecule is O=C(NC1CCN(Cc2nc(-c3ccccc3OC(F)F)no2)CC1)c1ccccc1. The van der Waals surface area contributed by atoms with Crippen LogP contribution in [0.3, 0.4) is 0 Å². The van der Waals surface area contributed by atoms with Crippen LogP contribution in [0.15, 0.2) is 59.1 Å². The number of piperidine rings is 1. The van der Waals surface area contributed by atoms with E-state index in [1.807, 2.05) is 18.2 Å². The Labute approximate surface area is 178 Å². The Morgan fingerprint density at radius 1 is 1.13 bits per heavy atom. The number of para-hydroxylation sites is 1. The molecule has 0 atom stereocenters. The van der Waals surface area contributed by atoms with E-state index in [0.29, 0.717) is 23.6 Å². The molecule has 31 heavy (non-hydrogen) atoms. The molecular formula is C22H22F2N4O3. The van der Waals surface area contributed by atoms with E-state index < -0.39 is 6.61 Å². The van der Waals surface area contributed by atoms with Crippen LogP contribution in [0.25, 0.3) is 11.4 Å². The highest BCUT2D eigenvalue weighted by Gasteiger charge is 2.23. The van der Waals surface area contributed by atoms with E-state index in [9.17, 15) is 13.6 Å². The summed E-state index contributed by atoms with van der Waals surface area (Å²) >= 11 is 0. The number of benzene rings is 2. The number of carbonyl (C=O) groups excluding carboxylic acids is 1. The fourth-order valence-corrected chi connectivity index (χ4v) is 3.56. The highest BCUT2D eigenvalue weighted by Crippen LogP contribution is 2.29. The standard InChI is InChI=1S/C22H22F2N4O3/c23-22(24)30-18-9-5-4-8-17(18)20-26-19(31-27-20)14-28-12-10-16(11-13-28)25-21(29)15-6-2-1-3-7-15/h1-9,16,22H,10-14H2,(H,25,29). The van der Waals surface area contributed by atoms with Crippen LogP contribution in [0.5, 0.6) is 5.75 Å². The number of alkyl halides is 2. The van der Waals surface area contributed by atoms with Gasteiger partial charge in [-0.25, -0.2) is 0 Å². The van der Waals surface area contributed by atoms with Crippen molar-refractivity contribution in [3.63, 3.8) is 0 Å². The zero-order valence-electron chi connectivity index (χ0n) is 16.7. The van der Waals surface area contributed by atoms with Crippen LogP contribution in [-0.2, 0) is 6.54 Å². The summed E-state index contributed by atoms with van der Waals surface area (Å²) in [5.74, 6) is 0.537. The van der Waals surface area contributed by atoms with Crippen molar-refractivity contribution in [2.45, 2.75) is 32.0 Å². The number of carbonyl (C=O) groups is 1. The van der Waals surface area contributed by atoms with Gasteiger partial charge in [0, 0.05) is 24.7 Å². The van der Waals surface area contributed by atoms with Gasteiger partial charge in [-0.1, -0.05) is 35.5 Å². The maximum atomic E-state index is 12.6. The molecule has 7 nitrogen and oxygen atoms in total. The van der Waals surface area contributed by atoms with Crippen molar-refractivity contribution in [2.24, 2.45) is 0 Å². The van der Waals surface area contributed by atoms with E-state index in [1.165, 1.54) is 6.07 Å². The molecule has 2 aromatic carbocycles. The van der Waals surface area contributed by atoms with Crippen LogP contribution in [0, 0.1) is 0 Å². The minimum atomic E-state index is -2.93. The van der Waals surface area contributed by atoms with Gasteiger partial charge in [0.1, 0.15) is 5.75 Å². The Morgan fingerprint density at radius 2 is 1.84 bits per heavy atom. The highest BCUT2D eigenvalue weighted by molar-refractivity contribution is 5.94. The lowest BCUT2D eigenvalue weighted by molar-refractivity contribution is -0.0494. The first kappa shape index (κ1) is 20.9. The van der Waals surface area contributed by atoms with Crippen molar-refractivity contribution < 1.29 is 22.8 Å².